The molecule has 0 aromatic heterocycles. The fraction of sp³-hybridized carbons (Fsp3) is 0.250. The Bertz CT molecular complexity index is 534. The molecule has 0 bridgehead atoms. The van der Waals surface area contributed by atoms with E-state index in [2.05, 4.69) is 4.52 Å². The van der Waals surface area contributed by atoms with Gasteiger partial charge in [0.1, 0.15) is 0 Å². The zero-order chi connectivity index (χ0) is 14.4. The van der Waals surface area contributed by atoms with E-state index < -0.39 is 11.8 Å². The predicted octanol–water partition coefficient (Wildman–Crippen LogP) is 3.26. The minimum absolute atomic E-state index is 0.0192. The van der Waals surface area contributed by atoms with E-state index in [0.29, 0.717) is 12.8 Å². The molecule has 0 saturated carbocycles. The Morgan fingerprint density at radius 1 is 1.63 bits per heavy atom. The number of benzene rings is 1. The van der Waals surface area contributed by atoms with Crippen LogP contribution in [0.25, 0.3) is 6.08 Å². The van der Waals surface area contributed by atoms with Crippen LogP contribution in [0.5, 0.6) is 5.75 Å². The van der Waals surface area contributed by atoms with Gasteiger partial charge in [0.05, 0.1) is 0 Å². The third-order valence-electron chi connectivity index (χ3n) is 2.53. The summed E-state index contributed by atoms with van der Waals surface area (Å²) in [6, 6.07) is 1.26. The molecule has 1 aromatic carbocycles. The van der Waals surface area contributed by atoms with Gasteiger partial charge in [0.2, 0.25) is 0 Å². The summed E-state index contributed by atoms with van der Waals surface area (Å²) in [5, 5.41) is 7.01. The molecule has 100 valence electrons. The molecule has 0 amide bonds. The van der Waals surface area contributed by atoms with Gasteiger partial charge in [-0.1, -0.05) is 0 Å². The topological polar surface area (TPSA) is 59.4 Å². The van der Waals surface area contributed by atoms with E-state index in [1.54, 1.807) is 12.2 Å². The second kappa shape index (κ2) is 7.14. The van der Waals surface area contributed by atoms with Crippen LogP contribution in [0.1, 0.15) is 34.8 Å². The van der Waals surface area contributed by atoms with Crippen molar-refractivity contribution >= 4 is 28.8 Å². The van der Waals surface area contributed by atoms with E-state index in [4.69, 9.17) is 9.97 Å². The molecule has 1 atom stereocenters. The van der Waals surface area contributed by atoms with E-state index in [9.17, 15) is 9.18 Å². The summed E-state index contributed by atoms with van der Waals surface area (Å²) in [6.45, 7) is 3.38. The van der Waals surface area contributed by atoms with Crippen LogP contribution >= 0.6 is 9.47 Å². The molecule has 1 rings (SSSR count). The van der Waals surface area contributed by atoms with E-state index in [1.165, 1.54) is 13.0 Å². The molecule has 0 fully saturated rings. The summed E-state index contributed by atoms with van der Waals surface area (Å²) in [5.74, 6) is -1.14. The van der Waals surface area contributed by atoms with Crippen molar-refractivity contribution in [3.05, 3.63) is 34.6 Å². The van der Waals surface area contributed by atoms with Crippen molar-refractivity contribution in [1.29, 1.82) is 5.31 Å². The Morgan fingerprint density at radius 2 is 2.32 bits per heavy atom. The summed E-state index contributed by atoms with van der Waals surface area (Å²) < 4.78 is 23.4. The molecule has 0 radical (unpaired) electrons. The second-order valence-corrected chi connectivity index (χ2v) is 3.96. The number of carbonyl (C=O) groups is 1. The standard InChI is InChI=1S/C12H14BFNO3P/c1-3-4-5-8-6-9(14)7(2)10(12(16)18-19)11(8)17-13-15/h4-6,15H,3,19H2,1-2H3/b5-4+. The molecular formula is C12H14BFNO3P. The third kappa shape index (κ3) is 3.47. The van der Waals surface area contributed by atoms with Gasteiger partial charge in [-0.15, -0.1) is 0 Å². The fourth-order valence-corrected chi connectivity index (χ4v) is 1.72. The van der Waals surface area contributed by atoms with Crippen molar-refractivity contribution in [1.82, 2.24) is 0 Å². The molecule has 4 nitrogen and oxygen atoms in total. The molecule has 0 heterocycles. The van der Waals surface area contributed by atoms with Gasteiger partial charge < -0.3 is 0 Å². The van der Waals surface area contributed by atoms with Crippen LogP contribution in [0.3, 0.4) is 0 Å². The maximum atomic E-state index is 13.8. The Labute approximate surface area is 114 Å². The molecule has 19 heavy (non-hydrogen) atoms. The molecule has 0 spiro atoms. The number of halogens is 1. The fourth-order valence-electron chi connectivity index (χ4n) is 1.60. The summed E-state index contributed by atoms with van der Waals surface area (Å²) >= 11 is 0. The van der Waals surface area contributed by atoms with Crippen molar-refractivity contribution in [3.8, 4) is 5.75 Å². The molecule has 0 aliphatic rings. The van der Waals surface area contributed by atoms with Gasteiger partial charge in [-0.3, -0.25) is 0 Å². The number of hydrogen-bond donors (Lipinski definition) is 1. The van der Waals surface area contributed by atoms with Crippen molar-refractivity contribution < 1.29 is 18.4 Å². The second-order valence-electron chi connectivity index (χ2n) is 3.73. The average Bonchev–Trinajstić information content (AvgIpc) is 2.41. The van der Waals surface area contributed by atoms with Crippen molar-refractivity contribution in [2.75, 3.05) is 0 Å². The van der Waals surface area contributed by atoms with Gasteiger partial charge in [0, 0.05) is 0 Å². The molecule has 0 aliphatic heterocycles. The molecule has 7 heteroatoms. The number of nitrogens with one attached hydrogen (secondary N) is 1. The summed E-state index contributed by atoms with van der Waals surface area (Å²) in [4.78, 5) is 11.7. The first kappa shape index (κ1) is 15.5. The predicted molar refractivity (Wildman–Crippen MR) is 74.7 cm³/mol. The van der Waals surface area contributed by atoms with Gasteiger partial charge in [-0.25, -0.2) is 0 Å². The SMILES string of the molecule is CC/C=C/c1cc(F)c(C)c(C(=O)OP)c1OB=N. The van der Waals surface area contributed by atoms with Gasteiger partial charge in [0.15, 0.2) is 0 Å². The summed E-state index contributed by atoms with van der Waals surface area (Å²) in [5.41, 5.74) is 0.492. The van der Waals surface area contributed by atoms with Crippen LogP contribution in [0.4, 0.5) is 4.39 Å². The first-order valence-corrected chi connectivity index (χ1v) is 6.10. The van der Waals surface area contributed by atoms with Crippen molar-refractivity contribution in [3.63, 3.8) is 0 Å². The first-order valence-electron chi connectivity index (χ1n) is 5.63. The molecule has 1 aromatic rings. The van der Waals surface area contributed by atoms with Gasteiger partial charge >= 0.3 is 113 Å². The summed E-state index contributed by atoms with van der Waals surface area (Å²) in [6.07, 6.45) is 4.20. The van der Waals surface area contributed by atoms with Crippen LogP contribution in [0, 0.1) is 18.1 Å². The summed E-state index contributed by atoms with van der Waals surface area (Å²) in [7, 11) is 2.50. The maximum absolute atomic E-state index is 13.8. The zero-order valence-electron chi connectivity index (χ0n) is 10.7. The Balaban J connectivity index is 3.56. The van der Waals surface area contributed by atoms with Gasteiger partial charge in [0.25, 0.3) is 0 Å². The minimum atomic E-state index is -0.731. The van der Waals surface area contributed by atoms with Crippen LogP contribution in [0.2, 0.25) is 0 Å². The Kier molecular flexibility index (Phi) is 5.83. The van der Waals surface area contributed by atoms with Crippen molar-refractivity contribution in [2.24, 2.45) is 0 Å². The van der Waals surface area contributed by atoms with Crippen LogP contribution < -0.4 is 4.65 Å². The monoisotopic (exact) mass is 281 g/mol. The van der Waals surface area contributed by atoms with Crippen LogP contribution in [-0.4, -0.2) is 13.2 Å². The number of hydrogen-bond acceptors (Lipinski definition) is 4. The van der Waals surface area contributed by atoms with E-state index >= 15 is 0 Å². The number of allylic oxidation sites excluding steroid dienone is 1. The first-order chi connectivity index (χ1) is 9.06. The molecular weight excluding hydrogens is 267 g/mol. The van der Waals surface area contributed by atoms with Gasteiger partial charge in [-0.2, -0.15) is 0 Å². The Morgan fingerprint density at radius 3 is 2.84 bits per heavy atom. The molecule has 1 N–H and O–H groups in total. The third-order valence-corrected chi connectivity index (χ3v) is 2.74. The molecule has 0 saturated heterocycles. The Hall–Kier alpha value is -1.55. The van der Waals surface area contributed by atoms with E-state index in [1.807, 2.05) is 16.4 Å². The average molecular weight is 281 g/mol. The zero-order valence-corrected chi connectivity index (χ0v) is 11.9. The van der Waals surface area contributed by atoms with Crippen LogP contribution in [-0.2, 0) is 4.52 Å². The molecule has 1 unspecified atom stereocenters. The number of rotatable bonds is 5. The quantitative estimate of drug-likeness (QED) is 0.665. The molecule has 0 aliphatic carbocycles. The van der Waals surface area contributed by atoms with Crippen LogP contribution in [0.15, 0.2) is 12.1 Å². The van der Waals surface area contributed by atoms with E-state index in [-0.39, 0.29) is 16.9 Å². The van der Waals surface area contributed by atoms with Gasteiger partial charge in [-0.05, 0) is 0 Å². The van der Waals surface area contributed by atoms with Crippen molar-refractivity contribution in [2.45, 2.75) is 20.3 Å². The van der Waals surface area contributed by atoms with E-state index in [0.717, 1.165) is 6.42 Å². The normalized spacial score (nSPS) is 10.3. The number of carbonyl (C=O) groups excluding carboxylic acids is 1.